The average Bonchev–Trinajstić information content (AvgIpc) is 3.59. The van der Waals surface area contributed by atoms with Gasteiger partial charge in [0.05, 0.1) is 0 Å². The molecule has 2 aliphatic carbocycles. The van der Waals surface area contributed by atoms with Crippen LogP contribution in [0.5, 0.6) is 0 Å². The second-order valence-electron chi connectivity index (χ2n) is 21.0. The Morgan fingerprint density at radius 2 is 0.868 bits per heavy atom. The van der Waals surface area contributed by atoms with Crippen molar-refractivity contribution in [2.75, 3.05) is 10.2 Å². The Bertz CT molecular complexity index is 3310. The van der Waals surface area contributed by atoms with Crippen molar-refractivity contribution in [1.82, 2.24) is 0 Å². The highest BCUT2D eigenvalue weighted by atomic mass is 15.1. The van der Waals surface area contributed by atoms with Crippen LogP contribution >= 0.6 is 0 Å². The van der Waals surface area contributed by atoms with Crippen molar-refractivity contribution < 1.29 is 0 Å². The number of benzene rings is 9. The summed E-state index contributed by atoms with van der Waals surface area (Å²) < 4.78 is 0. The van der Waals surface area contributed by atoms with E-state index in [9.17, 15) is 0 Å². The molecule has 0 saturated heterocycles. The van der Waals surface area contributed by atoms with Crippen molar-refractivity contribution in [2.24, 2.45) is 0 Å². The van der Waals surface area contributed by atoms with E-state index in [4.69, 9.17) is 0 Å². The molecular weight excluding hydrogens is 821 g/mol. The molecule has 0 aliphatic heterocycles. The van der Waals surface area contributed by atoms with Gasteiger partial charge in [-0.3, -0.25) is 0 Å². The first-order valence-electron chi connectivity index (χ1n) is 24.4. The number of rotatable bonds is 9. The topological polar surface area (TPSA) is 15.3 Å². The summed E-state index contributed by atoms with van der Waals surface area (Å²) in [5, 5.41) is 3.98. The maximum Gasteiger partial charge on any atom is 0.0493 e. The lowest BCUT2D eigenvalue weighted by Gasteiger charge is -2.43. The first-order chi connectivity index (χ1) is 32.8. The highest BCUT2D eigenvalue weighted by molar-refractivity contribution is 5.95. The fraction of sp³-hybridized carbons (Fsp3) is 0.182. The van der Waals surface area contributed by atoms with Crippen molar-refractivity contribution in [3.8, 4) is 55.6 Å². The van der Waals surface area contributed by atoms with Crippen molar-refractivity contribution in [3.63, 3.8) is 0 Å². The Kier molecular flexibility index (Phi) is 10.6. The van der Waals surface area contributed by atoms with Crippen molar-refractivity contribution >= 4 is 28.4 Å². The predicted molar refractivity (Wildman–Crippen MR) is 290 cm³/mol. The average molecular weight is 881 g/mol. The molecule has 0 amide bonds. The van der Waals surface area contributed by atoms with Crippen molar-refractivity contribution in [3.05, 3.63) is 234 Å². The lowest BCUT2D eigenvalue weighted by Crippen LogP contribution is -2.34. The Hall–Kier alpha value is -7.42. The number of anilines is 5. The van der Waals surface area contributed by atoms with Crippen LogP contribution in [0.15, 0.2) is 206 Å². The van der Waals surface area contributed by atoms with Gasteiger partial charge in [-0.1, -0.05) is 187 Å². The van der Waals surface area contributed by atoms with Gasteiger partial charge < -0.3 is 10.2 Å². The van der Waals surface area contributed by atoms with Crippen LogP contribution in [0.3, 0.4) is 0 Å². The zero-order valence-electron chi connectivity index (χ0n) is 40.5. The van der Waals surface area contributed by atoms with Gasteiger partial charge in [0.2, 0.25) is 0 Å². The molecule has 9 aromatic rings. The minimum atomic E-state index is -0.163. The zero-order chi connectivity index (χ0) is 46.8. The molecule has 1 N–H and O–H groups in total. The summed E-state index contributed by atoms with van der Waals surface area (Å²) in [6.07, 6.45) is 2.33. The molecule has 2 nitrogen and oxygen atoms in total. The smallest absolute Gasteiger partial charge is 0.0493 e. The summed E-state index contributed by atoms with van der Waals surface area (Å²) in [6, 6.07) is 76.4. The standard InChI is InChI=1S/C66H60N2/c1-44-37-60-61(65(4,5)36-35-64(60,2)3)43-63(44)68(53-33-29-49(30-34-53)46-21-13-9-14-22-46)54-39-50(47-23-15-10-16-24-47)38-51(40-54)56-41-57-55-25-17-18-26-58(55)66(6,7)59(57)42-62(56)67-52-31-27-48(28-32-52)45-19-11-8-12-20-45/h8-34,37-43,67H,35-36H2,1-7H3. The molecule has 0 radical (unpaired) electrons. The van der Waals surface area contributed by atoms with E-state index >= 15 is 0 Å². The Balaban J connectivity index is 1.15. The second kappa shape index (κ2) is 16.7. The van der Waals surface area contributed by atoms with Gasteiger partial charge in [0.1, 0.15) is 0 Å². The molecule has 2 heteroatoms. The summed E-state index contributed by atoms with van der Waals surface area (Å²) in [4.78, 5) is 2.53. The number of nitrogens with zero attached hydrogens (tertiary/aromatic N) is 1. The molecule has 0 heterocycles. The third-order valence-electron chi connectivity index (χ3n) is 15.2. The molecule has 2 aliphatic rings. The molecule has 0 spiro atoms. The van der Waals surface area contributed by atoms with Gasteiger partial charge in [0.25, 0.3) is 0 Å². The highest BCUT2D eigenvalue weighted by Gasteiger charge is 2.39. The van der Waals surface area contributed by atoms with Crippen LogP contribution in [0.2, 0.25) is 0 Å². The van der Waals surface area contributed by atoms with E-state index < -0.39 is 0 Å². The van der Waals surface area contributed by atoms with Crippen LogP contribution in [-0.4, -0.2) is 0 Å². The summed E-state index contributed by atoms with van der Waals surface area (Å²) in [5.74, 6) is 0. The first kappa shape index (κ1) is 43.2. The SMILES string of the molecule is Cc1cc2c(cc1N(c1ccc(-c3ccccc3)cc1)c1cc(-c3ccccc3)cc(-c3cc4c(cc3Nc3ccc(-c5ccccc5)cc3)C(C)(C)c3ccccc3-4)c1)C(C)(C)CCC2(C)C. The maximum absolute atomic E-state index is 3.98. The Morgan fingerprint density at radius 3 is 1.47 bits per heavy atom. The van der Waals surface area contributed by atoms with Gasteiger partial charge >= 0.3 is 0 Å². The summed E-state index contributed by atoms with van der Waals surface area (Å²) in [5.41, 5.74) is 24.5. The summed E-state index contributed by atoms with van der Waals surface area (Å²) in [7, 11) is 0. The van der Waals surface area contributed by atoms with Gasteiger partial charge in [-0.15, -0.1) is 0 Å². The molecule has 9 aromatic carbocycles. The molecule has 0 bridgehead atoms. The zero-order valence-corrected chi connectivity index (χ0v) is 40.5. The van der Waals surface area contributed by atoms with E-state index in [-0.39, 0.29) is 16.2 Å². The van der Waals surface area contributed by atoms with E-state index in [2.05, 4.69) is 265 Å². The minimum absolute atomic E-state index is 0.0432. The van der Waals surface area contributed by atoms with Gasteiger partial charge in [0, 0.05) is 39.4 Å². The van der Waals surface area contributed by atoms with E-state index in [1.54, 1.807) is 0 Å². The maximum atomic E-state index is 3.98. The number of hydrogen-bond acceptors (Lipinski definition) is 2. The third-order valence-corrected chi connectivity index (χ3v) is 15.2. The molecule has 0 saturated carbocycles. The highest BCUT2D eigenvalue weighted by Crippen LogP contribution is 2.54. The lowest BCUT2D eigenvalue weighted by atomic mass is 9.63. The van der Waals surface area contributed by atoms with Gasteiger partial charge in [-0.05, 0) is 169 Å². The normalized spacial score (nSPS) is 14.9. The lowest BCUT2D eigenvalue weighted by molar-refractivity contribution is 0.332. The van der Waals surface area contributed by atoms with E-state index in [0.29, 0.717) is 0 Å². The number of hydrogen-bond donors (Lipinski definition) is 1. The Morgan fingerprint density at radius 1 is 0.368 bits per heavy atom. The number of nitrogens with one attached hydrogen (secondary N) is 1. The van der Waals surface area contributed by atoms with E-state index in [1.165, 1.54) is 84.4 Å². The molecule has 0 unspecified atom stereocenters. The molecule has 334 valence electrons. The van der Waals surface area contributed by atoms with Crippen molar-refractivity contribution in [2.45, 2.75) is 77.6 Å². The molecular formula is C66H60N2. The molecule has 0 fully saturated rings. The molecule has 0 aromatic heterocycles. The molecule has 0 atom stereocenters. The van der Waals surface area contributed by atoms with E-state index in [1.807, 2.05) is 0 Å². The predicted octanol–water partition coefficient (Wildman–Crippen LogP) is 18.5. The fourth-order valence-electron chi connectivity index (χ4n) is 11.1. The number of aryl methyl sites for hydroxylation is 1. The summed E-state index contributed by atoms with van der Waals surface area (Å²) in [6.45, 7) is 16.8. The monoisotopic (exact) mass is 880 g/mol. The molecule has 68 heavy (non-hydrogen) atoms. The van der Waals surface area contributed by atoms with E-state index in [0.717, 1.165) is 40.3 Å². The van der Waals surface area contributed by atoms with Gasteiger partial charge in [-0.2, -0.15) is 0 Å². The Labute approximate surface area is 404 Å². The van der Waals surface area contributed by atoms with Crippen LogP contribution < -0.4 is 10.2 Å². The van der Waals surface area contributed by atoms with Gasteiger partial charge in [-0.25, -0.2) is 0 Å². The largest absolute Gasteiger partial charge is 0.355 e. The fourth-order valence-corrected chi connectivity index (χ4v) is 11.1. The van der Waals surface area contributed by atoms with Gasteiger partial charge in [0.15, 0.2) is 0 Å². The van der Waals surface area contributed by atoms with Crippen LogP contribution in [-0.2, 0) is 16.2 Å². The quantitative estimate of drug-likeness (QED) is 0.155. The van der Waals surface area contributed by atoms with Crippen LogP contribution in [0.4, 0.5) is 28.4 Å². The van der Waals surface area contributed by atoms with Crippen LogP contribution in [0, 0.1) is 6.92 Å². The van der Waals surface area contributed by atoms with Crippen molar-refractivity contribution in [1.29, 1.82) is 0 Å². The third kappa shape index (κ3) is 7.72. The van der Waals surface area contributed by atoms with Crippen LogP contribution in [0.25, 0.3) is 55.6 Å². The summed E-state index contributed by atoms with van der Waals surface area (Å²) >= 11 is 0. The number of fused-ring (bicyclic) bond motifs is 4. The minimum Gasteiger partial charge on any atom is -0.355 e. The first-order valence-corrected chi connectivity index (χ1v) is 24.4. The second-order valence-corrected chi connectivity index (χ2v) is 21.0. The molecule has 11 rings (SSSR count). The van der Waals surface area contributed by atoms with Crippen LogP contribution in [0.1, 0.15) is 82.2 Å².